The Morgan fingerprint density at radius 2 is 1.83 bits per heavy atom. The van der Waals surface area contributed by atoms with Crippen molar-refractivity contribution in [3.63, 3.8) is 0 Å². The van der Waals surface area contributed by atoms with Crippen molar-refractivity contribution in [2.45, 2.75) is 20.5 Å². The molecule has 0 radical (unpaired) electrons. The third kappa shape index (κ3) is 4.63. The Bertz CT molecular complexity index is 810. The fraction of sp³-hybridized carbons (Fsp3) is 0.200. The number of rotatable bonds is 6. The van der Waals surface area contributed by atoms with Gasteiger partial charge in [-0.05, 0) is 43.2 Å². The zero-order valence-corrected chi connectivity index (χ0v) is 13.7. The number of aryl methyl sites for hydroxylation is 1. The zero-order chi connectivity index (χ0) is 17.4. The van der Waals surface area contributed by atoms with E-state index in [0.717, 1.165) is 11.1 Å². The predicted molar refractivity (Wildman–Crippen MR) is 92.3 cm³/mol. The van der Waals surface area contributed by atoms with Crippen LogP contribution in [-0.2, 0) is 6.61 Å². The van der Waals surface area contributed by atoms with Crippen molar-refractivity contribution in [3.05, 3.63) is 64.7 Å². The quantitative estimate of drug-likeness (QED) is 0.740. The van der Waals surface area contributed by atoms with Crippen LogP contribution in [0.25, 0.3) is 6.08 Å². The standard InChI is InChI=1S/C20H18N2O2/c1-3-23-20-11-16(10-18(12-21)13-22)7-8-19(20)24-14-17-6-4-5-15(2)9-17/h4-11H,3,14H2,1-2H3. The average Bonchev–Trinajstić information content (AvgIpc) is 2.59. The highest BCUT2D eigenvalue weighted by atomic mass is 16.5. The Kier molecular flexibility index (Phi) is 6.00. The molecule has 0 N–H and O–H groups in total. The van der Waals surface area contributed by atoms with E-state index >= 15 is 0 Å². The second kappa shape index (κ2) is 8.41. The molecule has 4 nitrogen and oxygen atoms in total. The molecule has 0 aliphatic carbocycles. The number of benzene rings is 2. The Hall–Kier alpha value is -3.24. The van der Waals surface area contributed by atoms with Gasteiger partial charge in [0.2, 0.25) is 0 Å². The molecule has 0 saturated heterocycles. The lowest BCUT2D eigenvalue weighted by molar-refractivity contribution is 0.269. The van der Waals surface area contributed by atoms with Gasteiger partial charge in [-0.15, -0.1) is 0 Å². The first-order chi connectivity index (χ1) is 11.7. The Morgan fingerprint density at radius 1 is 1.04 bits per heavy atom. The molecule has 0 heterocycles. The van der Waals surface area contributed by atoms with Crippen LogP contribution in [-0.4, -0.2) is 6.61 Å². The van der Waals surface area contributed by atoms with Gasteiger partial charge in [-0.2, -0.15) is 10.5 Å². The molecule has 0 aliphatic heterocycles. The topological polar surface area (TPSA) is 66.0 Å². The Balaban J connectivity index is 2.22. The molecule has 4 heteroatoms. The Labute approximate surface area is 142 Å². The summed E-state index contributed by atoms with van der Waals surface area (Å²) >= 11 is 0. The van der Waals surface area contributed by atoms with Crippen molar-refractivity contribution in [3.8, 4) is 23.6 Å². The van der Waals surface area contributed by atoms with Gasteiger partial charge in [0.05, 0.1) is 6.61 Å². The summed E-state index contributed by atoms with van der Waals surface area (Å²) in [4.78, 5) is 0. The minimum Gasteiger partial charge on any atom is -0.490 e. The lowest BCUT2D eigenvalue weighted by Gasteiger charge is -2.13. The van der Waals surface area contributed by atoms with Crippen LogP contribution in [0.1, 0.15) is 23.6 Å². The number of nitrogens with zero attached hydrogens (tertiary/aromatic N) is 2. The summed E-state index contributed by atoms with van der Waals surface area (Å²) in [6.45, 7) is 4.87. The molecule has 0 aromatic heterocycles. The molecule has 24 heavy (non-hydrogen) atoms. The highest BCUT2D eigenvalue weighted by Crippen LogP contribution is 2.30. The van der Waals surface area contributed by atoms with Crippen LogP contribution in [0.2, 0.25) is 0 Å². The first-order valence-electron chi connectivity index (χ1n) is 7.63. The molecule has 2 rings (SSSR count). The largest absolute Gasteiger partial charge is 0.490 e. The van der Waals surface area contributed by atoms with E-state index in [-0.39, 0.29) is 5.57 Å². The number of allylic oxidation sites excluding steroid dienone is 1. The highest BCUT2D eigenvalue weighted by Gasteiger charge is 2.07. The fourth-order valence-corrected chi connectivity index (χ4v) is 2.22. The minimum absolute atomic E-state index is 0.0471. The molecule has 0 aliphatic rings. The zero-order valence-electron chi connectivity index (χ0n) is 13.7. The van der Waals surface area contributed by atoms with Crippen LogP contribution in [0, 0.1) is 29.6 Å². The molecule has 2 aromatic carbocycles. The summed E-state index contributed by atoms with van der Waals surface area (Å²) in [7, 11) is 0. The SMILES string of the molecule is CCOc1cc(C=C(C#N)C#N)ccc1OCc1cccc(C)c1. The molecular formula is C20H18N2O2. The van der Waals surface area contributed by atoms with Gasteiger partial charge < -0.3 is 9.47 Å². The van der Waals surface area contributed by atoms with E-state index in [1.165, 1.54) is 11.6 Å². The van der Waals surface area contributed by atoms with Crippen LogP contribution in [0.3, 0.4) is 0 Å². The van der Waals surface area contributed by atoms with Crippen LogP contribution in [0.15, 0.2) is 48.0 Å². The molecule has 0 unspecified atom stereocenters. The van der Waals surface area contributed by atoms with Crippen molar-refractivity contribution in [2.75, 3.05) is 6.61 Å². The first-order valence-corrected chi connectivity index (χ1v) is 7.63. The van der Waals surface area contributed by atoms with Crippen LogP contribution in [0.4, 0.5) is 0 Å². The van der Waals surface area contributed by atoms with Crippen LogP contribution < -0.4 is 9.47 Å². The highest BCUT2D eigenvalue weighted by molar-refractivity contribution is 5.64. The normalized spacial score (nSPS) is 9.50. The van der Waals surface area contributed by atoms with Crippen molar-refractivity contribution < 1.29 is 9.47 Å². The maximum atomic E-state index is 8.85. The van der Waals surface area contributed by atoms with Gasteiger partial charge in [-0.25, -0.2) is 0 Å². The van der Waals surface area contributed by atoms with Gasteiger partial charge >= 0.3 is 0 Å². The summed E-state index contributed by atoms with van der Waals surface area (Å²) in [5.41, 5.74) is 3.03. The number of ether oxygens (including phenoxy) is 2. The predicted octanol–water partition coefficient (Wildman–Crippen LogP) is 4.40. The number of nitriles is 2. The van der Waals surface area contributed by atoms with Crippen molar-refractivity contribution in [1.82, 2.24) is 0 Å². The van der Waals surface area contributed by atoms with Gasteiger partial charge in [-0.3, -0.25) is 0 Å². The molecule has 0 saturated carbocycles. The molecule has 0 spiro atoms. The summed E-state index contributed by atoms with van der Waals surface area (Å²) < 4.78 is 11.5. The smallest absolute Gasteiger partial charge is 0.161 e. The van der Waals surface area contributed by atoms with Crippen molar-refractivity contribution >= 4 is 6.08 Å². The molecule has 0 fully saturated rings. The summed E-state index contributed by atoms with van der Waals surface area (Å²) in [5.74, 6) is 1.22. The van der Waals surface area contributed by atoms with Crippen LogP contribution >= 0.6 is 0 Å². The first kappa shape index (κ1) is 17.1. The molecule has 0 bridgehead atoms. The monoisotopic (exact) mass is 318 g/mol. The van der Waals surface area contributed by atoms with E-state index in [9.17, 15) is 0 Å². The van der Waals surface area contributed by atoms with Gasteiger partial charge in [-0.1, -0.05) is 35.9 Å². The van der Waals surface area contributed by atoms with Crippen LogP contribution in [0.5, 0.6) is 11.5 Å². The number of hydrogen-bond acceptors (Lipinski definition) is 4. The lowest BCUT2D eigenvalue weighted by atomic mass is 10.1. The second-order valence-corrected chi connectivity index (χ2v) is 5.20. The number of hydrogen-bond donors (Lipinski definition) is 0. The lowest BCUT2D eigenvalue weighted by Crippen LogP contribution is -2.00. The third-order valence-electron chi connectivity index (χ3n) is 3.30. The van der Waals surface area contributed by atoms with E-state index in [2.05, 4.69) is 6.07 Å². The van der Waals surface area contributed by atoms with E-state index < -0.39 is 0 Å². The third-order valence-corrected chi connectivity index (χ3v) is 3.30. The molecule has 0 amide bonds. The van der Waals surface area contributed by atoms with Gasteiger partial charge in [0.1, 0.15) is 24.3 Å². The van der Waals surface area contributed by atoms with Gasteiger partial charge in [0, 0.05) is 0 Å². The molecule has 0 atom stereocenters. The maximum absolute atomic E-state index is 8.85. The van der Waals surface area contributed by atoms with E-state index in [4.69, 9.17) is 20.0 Å². The fourth-order valence-electron chi connectivity index (χ4n) is 2.22. The average molecular weight is 318 g/mol. The minimum atomic E-state index is 0.0471. The molecule has 120 valence electrons. The summed E-state index contributed by atoms with van der Waals surface area (Å²) in [6.07, 6.45) is 1.52. The van der Waals surface area contributed by atoms with Gasteiger partial charge in [0.25, 0.3) is 0 Å². The molecular weight excluding hydrogens is 300 g/mol. The van der Waals surface area contributed by atoms with Gasteiger partial charge in [0.15, 0.2) is 11.5 Å². The van der Waals surface area contributed by atoms with Crippen molar-refractivity contribution in [2.24, 2.45) is 0 Å². The van der Waals surface area contributed by atoms with E-state index in [1.807, 2.05) is 44.2 Å². The summed E-state index contributed by atoms with van der Waals surface area (Å²) in [6, 6.07) is 17.2. The Morgan fingerprint density at radius 3 is 2.50 bits per heavy atom. The van der Waals surface area contributed by atoms with E-state index in [1.54, 1.807) is 18.2 Å². The van der Waals surface area contributed by atoms with Crippen molar-refractivity contribution in [1.29, 1.82) is 10.5 Å². The molecule has 2 aromatic rings. The second-order valence-electron chi connectivity index (χ2n) is 5.20. The van der Waals surface area contributed by atoms with E-state index in [0.29, 0.717) is 24.7 Å². The maximum Gasteiger partial charge on any atom is 0.161 e. The summed E-state index contributed by atoms with van der Waals surface area (Å²) in [5, 5.41) is 17.7.